The Morgan fingerprint density at radius 3 is 2.65 bits per heavy atom. The van der Waals surface area contributed by atoms with Crippen molar-refractivity contribution >= 4 is 5.91 Å². The van der Waals surface area contributed by atoms with Gasteiger partial charge in [0.1, 0.15) is 5.82 Å². The normalized spacial score (nSPS) is 23.0. The summed E-state index contributed by atoms with van der Waals surface area (Å²) in [5.41, 5.74) is 1.62. The number of likely N-dealkylation sites (N-methyl/N-ethyl adjacent to an activating group) is 1. The van der Waals surface area contributed by atoms with Crippen molar-refractivity contribution in [3.63, 3.8) is 0 Å². The van der Waals surface area contributed by atoms with Gasteiger partial charge in [-0.2, -0.15) is 0 Å². The number of halogens is 1. The van der Waals surface area contributed by atoms with Crippen LogP contribution in [-0.4, -0.2) is 41.5 Å². The molecule has 1 aromatic carbocycles. The van der Waals surface area contributed by atoms with Gasteiger partial charge in [-0.05, 0) is 76.0 Å². The lowest BCUT2D eigenvalue weighted by molar-refractivity contribution is 0.0769. The number of carbonyl (C=O) groups is 1. The molecule has 0 radical (unpaired) electrons. The largest absolute Gasteiger partial charge is 0.349 e. The molecule has 0 bridgehead atoms. The molecule has 1 N–H and O–H groups in total. The van der Waals surface area contributed by atoms with Crippen LogP contribution in [-0.2, 0) is 6.42 Å². The third kappa shape index (κ3) is 4.28. The first-order valence-corrected chi connectivity index (χ1v) is 9.11. The van der Waals surface area contributed by atoms with Gasteiger partial charge in [0.25, 0.3) is 5.91 Å². The third-order valence-corrected chi connectivity index (χ3v) is 5.55. The quantitative estimate of drug-likeness (QED) is 0.894. The van der Waals surface area contributed by atoms with Crippen LogP contribution in [0.15, 0.2) is 48.8 Å². The van der Waals surface area contributed by atoms with Gasteiger partial charge in [-0.3, -0.25) is 9.78 Å². The molecule has 0 spiro atoms. The predicted molar refractivity (Wildman–Crippen MR) is 100 cm³/mol. The molecule has 0 aliphatic heterocycles. The molecule has 4 nitrogen and oxygen atoms in total. The second-order valence-electron chi connectivity index (χ2n) is 7.41. The van der Waals surface area contributed by atoms with Crippen LogP contribution in [0.1, 0.15) is 41.6 Å². The van der Waals surface area contributed by atoms with Crippen LogP contribution < -0.4 is 5.32 Å². The number of carbonyl (C=O) groups excluding carboxylic acids is 1. The number of nitrogens with zero attached hydrogens (tertiary/aromatic N) is 2. The highest BCUT2D eigenvalue weighted by Crippen LogP contribution is 2.35. The van der Waals surface area contributed by atoms with Crippen LogP contribution in [0.3, 0.4) is 0 Å². The van der Waals surface area contributed by atoms with E-state index in [1.807, 2.05) is 6.07 Å². The van der Waals surface area contributed by atoms with Gasteiger partial charge in [-0.25, -0.2) is 4.39 Å². The maximum atomic E-state index is 13.5. The molecule has 5 heteroatoms. The van der Waals surface area contributed by atoms with Gasteiger partial charge >= 0.3 is 0 Å². The maximum absolute atomic E-state index is 13.5. The summed E-state index contributed by atoms with van der Waals surface area (Å²) >= 11 is 0. The smallest absolute Gasteiger partial charge is 0.253 e. The predicted octanol–water partition coefficient (Wildman–Crippen LogP) is 3.44. The van der Waals surface area contributed by atoms with Crippen molar-refractivity contribution in [1.29, 1.82) is 0 Å². The molecule has 1 aliphatic carbocycles. The van der Waals surface area contributed by atoms with Crippen LogP contribution in [0, 0.1) is 5.82 Å². The van der Waals surface area contributed by atoms with Crippen LogP contribution in [0.5, 0.6) is 0 Å². The highest BCUT2D eigenvalue weighted by molar-refractivity contribution is 5.94. The molecule has 26 heavy (non-hydrogen) atoms. The van der Waals surface area contributed by atoms with Gasteiger partial charge in [-0.15, -0.1) is 0 Å². The first kappa shape index (κ1) is 18.5. The summed E-state index contributed by atoms with van der Waals surface area (Å²) in [6.07, 6.45) is 7.84. The topological polar surface area (TPSA) is 45.2 Å². The van der Waals surface area contributed by atoms with E-state index in [2.05, 4.69) is 29.3 Å². The Balaban J connectivity index is 1.63. The van der Waals surface area contributed by atoms with E-state index in [1.54, 1.807) is 36.7 Å². The first-order chi connectivity index (χ1) is 12.5. The van der Waals surface area contributed by atoms with Gasteiger partial charge in [0.15, 0.2) is 0 Å². The second-order valence-corrected chi connectivity index (χ2v) is 7.41. The summed E-state index contributed by atoms with van der Waals surface area (Å²) in [6, 6.07) is 10.6. The van der Waals surface area contributed by atoms with Crippen LogP contribution in [0.2, 0.25) is 0 Å². The average Bonchev–Trinajstić information content (AvgIpc) is 2.64. The Morgan fingerprint density at radius 2 is 2.04 bits per heavy atom. The molecule has 3 rings (SSSR count). The summed E-state index contributed by atoms with van der Waals surface area (Å²) in [7, 11) is 4.18. The van der Waals surface area contributed by atoms with Gasteiger partial charge in [-0.1, -0.05) is 12.1 Å². The number of pyridine rings is 1. The fourth-order valence-corrected chi connectivity index (χ4v) is 3.87. The number of hydrogen-bond donors (Lipinski definition) is 1. The van der Waals surface area contributed by atoms with E-state index in [4.69, 9.17) is 0 Å². The van der Waals surface area contributed by atoms with Crippen LogP contribution in [0.25, 0.3) is 0 Å². The Hall–Kier alpha value is -2.27. The summed E-state index contributed by atoms with van der Waals surface area (Å²) in [4.78, 5) is 18.6. The van der Waals surface area contributed by atoms with Crippen molar-refractivity contribution in [2.75, 3.05) is 14.1 Å². The molecule has 1 fully saturated rings. The minimum atomic E-state index is -0.186. The molecule has 0 atom stereocenters. The highest BCUT2D eigenvalue weighted by atomic mass is 19.1. The van der Waals surface area contributed by atoms with E-state index < -0.39 is 0 Å². The fraction of sp³-hybridized carbons (Fsp3) is 0.429. The van der Waals surface area contributed by atoms with E-state index in [-0.39, 0.29) is 23.3 Å². The standard InChI is InChI=1S/C21H26FN3O/c1-25(2)21(14-16-5-3-7-18(22)13-16)10-8-19(9-11-21)24-20(26)17-6-4-12-23-15-17/h3-7,12-13,15,19H,8-11,14H2,1-2H3,(H,24,26). The minimum absolute atomic E-state index is 0.00330. The molecule has 1 aliphatic rings. The molecule has 138 valence electrons. The molecule has 1 saturated carbocycles. The van der Waals surface area contributed by atoms with Gasteiger partial charge in [0.2, 0.25) is 0 Å². The van der Waals surface area contributed by atoms with Gasteiger partial charge in [0.05, 0.1) is 5.56 Å². The molecule has 0 saturated heterocycles. The lowest BCUT2D eigenvalue weighted by Crippen LogP contribution is -2.52. The van der Waals surface area contributed by atoms with E-state index in [9.17, 15) is 9.18 Å². The lowest BCUT2D eigenvalue weighted by Gasteiger charge is -2.45. The van der Waals surface area contributed by atoms with E-state index in [0.29, 0.717) is 5.56 Å². The number of amides is 1. The van der Waals surface area contributed by atoms with Crippen LogP contribution in [0.4, 0.5) is 4.39 Å². The van der Waals surface area contributed by atoms with Crippen molar-refractivity contribution in [2.24, 2.45) is 0 Å². The Bertz CT molecular complexity index is 740. The number of aromatic nitrogens is 1. The minimum Gasteiger partial charge on any atom is -0.349 e. The molecular weight excluding hydrogens is 329 g/mol. The summed E-state index contributed by atoms with van der Waals surface area (Å²) in [5.74, 6) is -0.251. The van der Waals surface area contributed by atoms with Crippen molar-refractivity contribution in [2.45, 2.75) is 43.7 Å². The average molecular weight is 355 g/mol. The molecule has 1 aromatic heterocycles. The third-order valence-electron chi connectivity index (χ3n) is 5.55. The maximum Gasteiger partial charge on any atom is 0.253 e. The molecule has 2 aromatic rings. The first-order valence-electron chi connectivity index (χ1n) is 9.11. The summed E-state index contributed by atoms with van der Waals surface area (Å²) in [5, 5.41) is 3.13. The fourth-order valence-electron chi connectivity index (χ4n) is 3.87. The second kappa shape index (κ2) is 7.96. The highest BCUT2D eigenvalue weighted by Gasteiger charge is 2.37. The lowest BCUT2D eigenvalue weighted by atomic mass is 9.74. The SMILES string of the molecule is CN(C)C1(Cc2cccc(F)c2)CCC(NC(=O)c2cccnc2)CC1. The van der Waals surface area contributed by atoms with Crippen molar-refractivity contribution < 1.29 is 9.18 Å². The van der Waals surface area contributed by atoms with E-state index in [1.165, 1.54) is 6.07 Å². The zero-order chi connectivity index (χ0) is 18.6. The van der Waals surface area contributed by atoms with Crippen molar-refractivity contribution in [3.8, 4) is 0 Å². The van der Waals surface area contributed by atoms with Gasteiger partial charge in [0, 0.05) is 24.0 Å². The Kier molecular flexibility index (Phi) is 5.67. The zero-order valence-corrected chi connectivity index (χ0v) is 15.4. The van der Waals surface area contributed by atoms with E-state index in [0.717, 1.165) is 37.7 Å². The van der Waals surface area contributed by atoms with Crippen molar-refractivity contribution in [1.82, 2.24) is 15.2 Å². The Morgan fingerprint density at radius 1 is 1.27 bits per heavy atom. The summed E-state index contributed by atoms with van der Waals surface area (Å²) < 4.78 is 13.5. The molecule has 0 unspecified atom stereocenters. The molecule has 1 amide bonds. The van der Waals surface area contributed by atoms with E-state index >= 15 is 0 Å². The number of benzene rings is 1. The summed E-state index contributed by atoms with van der Waals surface area (Å²) in [6.45, 7) is 0. The molecule has 1 heterocycles. The number of rotatable bonds is 5. The monoisotopic (exact) mass is 355 g/mol. The number of nitrogens with one attached hydrogen (secondary N) is 1. The Labute approximate surface area is 154 Å². The van der Waals surface area contributed by atoms with Gasteiger partial charge < -0.3 is 10.2 Å². The van der Waals surface area contributed by atoms with Crippen LogP contribution >= 0.6 is 0 Å². The molecular formula is C21H26FN3O. The number of hydrogen-bond acceptors (Lipinski definition) is 3. The zero-order valence-electron chi connectivity index (χ0n) is 15.4. The van der Waals surface area contributed by atoms with Crippen molar-refractivity contribution in [3.05, 3.63) is 65.7 Å².